The number of rotatable bonds is 2. The van der Waals surface area contributed by atoms with E-state index >= 15 is 0 Å². The molecular formula is C22H24O2. The van der Waals surface area contributed by atoms with E-state index in [1.165, 1.54) is 24.0 Å². The van der Waals surface area contributed by atoms with Crippen LogP contribution < -0.4 is 9.47 Å². The van der Waals surface area contributed by atoms with Crippen LogP contribution in [-0.2, 0) is 12.8 Å². The fourth-order valence-corrected chi connectivity index (χ4v) is 3.28. The van der Waals surface area contributed by atoms with Gasteiger partial charge < -0.3 is 9.47 Å². The lowest BCUT2D eigenvalue weighted by molar-refractivity contribution is 0.412. The van der Waals surface area contributed by atoms with Gasteiger partial charge in [-0.2, -0.15) is 0 Å². The van der Waals surface area contributed by atoms with E-state index in [9.17, 15) is 0 Å². The molecule has 2 aromatic rings. The van der Waals surface area contributed by atoms with Crippen LogP contribution >= 0.6 is 0 Å². The molecule has 0 radical (unpaired) electrons. The second-order valence-electron chi connectivity index (χ2n) is 6.23. The molecule has 1 aliphatic carbocycles. The Morgan fingerprint density at radius 2 is 1.12 bits per heavy atom. The molecule has 0 unspecified atom stereocenters. The second kappa shape index (κ2) is 6.96. The third kappa shape index (κ3) is 3.09. The molecule has 2 heteroatoms. The zero-order chi connectivity index (χ0) is 17.1. The topological polar surface area (TPSA) is 18.5 Å². The zero-order valence-electron chi connectivity index (χ0n) is 14.5. The lowest BCUT2D eigenvalue weighted by atomic mass is 9.89. The second-order valence-corrected chi connectivity index (χ2v) is 6.23. The average molecular weight is 320 g/mol. The van der Waals surface area contributed by atoms with Crippen molar-refractivity contribution in [3.63, 3.8) is 0 Å². The number of benzene rings is 2. The summed E-state index contributed by atoms with van der Waals surface area (Å²) in [6.45, 7) is 8.60. The predicted octanol–water partition coefficient (Wildman–Crippen LogP) is 5.31. The van der Waals surface area contributed by atoms with Gasteiger partial charge in [0.1, 0.15) is 11.5 Å². The Labute approximate surface area is 144 Å². The normalized spacial score (nSPS) is 14.6. The van der Waals surface area contributed by atoms with E-state index in [2.05, 4.69) is 37.4 Å². The summed E-state index contributed by atoms with van der Waals surface area (Å²) in [5.74, 6) is 1.66. The number of hydrogen-bond donors (Lipinski definition) is 0. The number of aryl methyl sites for hydroxylation is 2. The fraction of sp³-hybridized carbons (Fsp3) is 0.273. The predicted molar refractivity (Wildman–Crippen MR) is 101 cm³/mol. The molecule has 0 fully saturated rings. The molecule has 0 atom stereocenters. The summed E-state index contributed by atoms with van der Waals surface area (Å²) in [4.78, 5) is 0. The molecule has 0 aromatic heterocycles. The standard InChI is InChI=1S/C22H24O2/c1-15-16(2)20-14-18(10-12-22(20)24-4)8-6-5-7-17-9-11-21(23-3)19(15)13-17/h9-14H,1-2,5-8H2,3-4H3. The smallest absolute Gasteiger partial charge is 0.126 e. The first-order valence-corrected chi connectivity index (χ1v) is 8.37. The van der Waals surface area contributed by atoms with Gasteiger partial charge in [-0.25, -0.2) is 0 Å². The summed E-state index contributed by atoms with van der Waals surface area (Å²) in [5.41, 5.74) is 6.41. The van der Waals surface area contributed by atoms with E-state index in [1.807, 2.05) is 12.1 Å². The summed E-state index contributed by atoms with van der Waals surface area (Å²) in [6, 6.07) is 12.7. The van der Waals surface area contributed by atoms with Gasteiger partial charge in [0.15, 0.2) is 0 Å². The van der Waals surface area contributed by atoms with Crippen molar-refractivity contribution >= 4 is 11.1 Å². The molecule has 0 amide bonds. The molecule has 0 aliphatic heterocycles. The Morgan fingerprint density at radius 3 is 1.50 bits per heavy atom. The lowest BCUT2D eigenvalue weighted by Gasteiger charge is -2.19. The first-order chi connectivity index (χ1) is 11.6. The maximum Gasteiger partial charge on any atom is 0.126 e. The molecule has 2 aromatic carbocycles. The van der Waals surface area contributed by atoms with Crippen LogP contribution in [0.2, 0.25) is 0 Å². The molecule has 0 N–H and O–H groups in total. The summed E-state index contributed by atoms with van der Waals surface area (Å²) in [5, 5.41) is 0. The fourth-order valence-electron chi connectivity index (χ4n) is 3.28. The van der Waals surface area contributed by atoms with E-state index in [0.717, 1.165) is 46.6 Å². The monoisotopic (exact) mass is 320 g/mol. The summed E-state index contributed by atoms with van der Waals surface area (Å²) >= 11 is 0. The molecule has 24 heavy (non-hydrogen) atoms. The van der Waals surface area contributed by atoms with Crippen LogP contribution in [0.3, 0.4) is 0 Å². The van der Waals surface area contributed by atoms with E-state index in [4.69, 9.17) is 9.47 Å². The summed E-state index contributed by atoms with van der Waals surface area (Å²) in [6.07, 6.45) is 4.47. The minimum absolute atomic E-state index is 0.831. The van der Waals surface area contributed by atoms with Crippen LogP contribution in [-0.4, -0.2) is 14.2 Å². The minimum atomic E-state index is 0.831. The van der Waals surface area contributed by atoms with Crippen LogP contribution in [0.1, 0.15) is 35.1 Å². The Hall–Kier alpha value is -2.48. The van der Waals surface area contributed by atoms with E-state index in [-0.39, 0.29) is 0 Å². The highest BCUT2D eigenvalue weighted by molar-refractivity contribution is 6.05. The number of methoxy groups -OCH3 is 2. The van der Waals surface area contributed by atoms with Crippen molar-refractivity contribution in [1.82, 2.24) is 0 Å². The first kappa shape index (κ1) is 16.4. The summed E-state index contributed by atoms with van der Waals surface area (Å²) in [7, 11) is 3.39. The SMILES string of the molecule is C=C1C(=C)c2cc(ccc2OC)CCCCc2ccc(OC)c1c2. The number of allylic oxidation sites excluding steroid dienone is 2. The summed E-state index contributed by atoms with van der Waals surface area (Å²) < 4.78 is 11.1. The number of fused-ring (bicyclic) bond motifs is 4. The van der Waals surface area contributed by atoms with E-state index < -0.39 is 0 Å². The molecule has 0 spiro atoms. The maximum absolute atomic E-state index is 5.55. The van der Waals surface area contributed by atoms with Gasteiger partial charge in [0.25, 0.3) is 0 Å². The van der Waals surface area contributed by atoms with Gasteiger partial charge in [0.05, 0.1) is 14.2 Å². The lowest BCUT2D eigenvalue weighted by Crippen LogP contribution is -2.00. The van der Waals surface area contributed by atoms with Gasteiger partial charge in [-0.3, -0.25) is 0 Å². The van der Waals surface area contributed by atoms with Crippen molar-refractivity contribution in [2.45, 2.75) is 25.7 Å². The third-order valence-electron chi connectivity index (χ3n) is 4.72. The van der Waals surface area contributed by atoms with Crippen LogP contribution in [0.5, 0.6) is 11.5 Å². The highest BCUT2D eigenvalue weighted by Crippen LogP contribution is 2.38. The minimum Gasteiger partial charge on any atom is -0.496 e. The highest BCUT2D eigenvalue weighted by atomic mass is 16.5. The van der Waals surface area contributed by atoms with Crippen molar-refractivity contribution < 1.29 is 9.47 Å². The van der Waals surface area contributed by atoms with E-state index in [0.29, 0.717) is 0 Å². The number of ether oxygens (including phenoxy) is 2. The zero-order valence-corrected chi connectivity index (χ0v) is 14.5. The Bertz CT molecular complexity index is 719. The van der Waals surface area contributed by atoms with Crippen LogP contribution in [0, 0.1) is 0 Å². The van der Waals surface area contributed by atoms with Crippen molar-refractivity contribution in [3.8, 4) is 11.5 Å². The Morgan fingerprint density at radius 1 is 0.708 bits per heavy atom. The Balaban J connectivity index is 2.14. The van der Waals surface area contributed by atoms with Crippen LogP contribution in [0.15, 0.2) is 49.6 Å². The third-order valence-corrected chi connectivity index (χ3v) is 4.72. The Kier molecular flexibility index (Phi) is 4.75. The maximum atomic E-state index is 5.55. The molecular weight excluding hydrogens is 296 g/mol. The van der Waals surface area contributed by atoms with Crippen molar-refractivity contribution in [3.05, 3.63) is 71.8 Å². The van der Waals surface area contributed by atoms with Gasteiger partial charge in [-0.15, -0.1) is 0 Å². The van der Waals surface area contributed by atoms with Gasteiger partial charge >= 0.3 is 0 Å². The van der Waals surface area contributed by atoms with Crippen molar-refractivity contribution in [1.29, 1.82) is 0 Å². The van der Waals surface area contributed by atoms with Crippen LogP contribution in [0.25, 0.3) is 11.1 Å². The quantitative estimate of drug-likeness (QED) is 0.746. The molecule has 3 rings (SSSR count). The van der Waals surface area contributed by atoms with Crippen molar-refractivity contribution in [2.75, 3.05) is 14.2 Å². The average Bonchev–Trinajstić information content (AvgIpc) is 2.63. The molecule has 124 valence electrons. The molecule has 0 heterocycles. The molecule has 0 saturated heterocycles. The highest BCUT2D eigenvalue weighted by Gasteiger charge is 2.16. The van der Waals surface area contributed by atoms with Gasteiger partial charge in [-0.05, 0) is 72.2 Å². The molecule has 2 nitrogen and oxygen atoms in total. The van der Waals surface area contributed by atoms with Gasteiger partial charge in [0, 0.05) is 11.1 Å². The molecule has 1 aliphatic rings. The largest absolute Gasteiger partial charge is 0.496 e. The van der Waals surface area contributed by atoms with Gasteiger partial charge in [0.2, 0.25) is 0 Å². The van der Waals surface area contributed by atoms with Crippen LogP contribution in [0.4, 0.5) is 0 Å². The van der Waals surface area contributed by atoms with E-state index in [1.54, 1.807) is 14.2 Å². The first-order valence-electron chi connectivity index (χ1n) is 8.37. The molecule has 4 bridgehead atoms. The van der Waals surface area contributed by atoms with Gasteiger partial charge in [-0.1, -0.05) is 25.3 Å². The number of hydrogen-bond acceptors (Lipinski definition) is 2. The molecule has 0 saturated carbocycles. The van der Waals surface area contributed by atoms with Crippen molar-refractivity contribution in [2.24, 2.45) is 0 Å².